The fraction of sp³-hybridized carbons (Fsp3) is 0.0455. The molecule has 0 spiro atoms. The van der Waals surface area contributed by atoms with Gasteiger partial charge in [-0.2, -0.15) is 43.2 Å². The number of rotatable bonds is 12. The molecule has 0 amide bonds. The van der Waals surface area contributed by atoms with Crippen molar-refractivity contribution in [2.24, 2.45) is 0 Å². The molecule has 0 N–H and O–H groups in total. The second-order valence-corrected chi connectivity index (χ2v) is 16.0. The van der Waals surface area contributed by atoms with Gasteiger partial charge >= 0.3 is 31.3 Å². The Morgan fingerprint density at radius 2 is 0.600 bits per heavy atom. The molecular weight excluding hydrogens is 831 g/mol. The van der Waals surface area contributed by atoms with Crippen molar-refractivity contribution in [1.82, 2.24) is 0 Å². The van der Waals surface area contributed by atoms with Gasteiger partial charge in [0.05, 0.1) is 11.4 Å². The van der Waals surface area contributed by atoms with Crippen molar-refractivity contribution >= 4 is 54.4 Å². The van der Waals surface area contributed by atoms with Crippen LogP contribution >= 0.6 is 0 Å². The van der Waals surface area contributed by atoms with Gasteiger partial charge in [0.1, 0.15) is 0 Å². The summed E-state index contributed by atoms with van der Waals surface area (Å²) in [5.41, 5.74) is -7.89. The zero-order valence-electron chi connectivity index (χ0n) is 30.7. The summed E-state index contributed by atoms with van der Waals surface area (Å²) in [7, 11) is -13.3. The van der Waals surface area contributed by atoms with Gasteiger partial charge in [0, 0.05) is 34.9 Å². The topological polar surface area (TPSA) is 93.2 Å². The highest BCUT2D eigenvalue weighted by atomic mass is 32.2. The second-order valence-electron chi connectivity index (χ2n) is 12.9. The first-order valence-corrected chi connectivity index (χ1v) is 20.5. The number of nitrogens with zero attached hydrogens (tertiary/aromatic N) is 2. The Balaban J connectivity index is 1.57. The van der Waals surface area contributed by atoms with Crippen molar-refractivity contribution in [3.05, 3.63) is 182 Å². The molecule has 0 aromatic heterocycles. The molecule has 0 radical (unpaired) electrons. The maximum Gasteiger partial charge on any atom is 0.534 e. The van der Waals surface area contributed by atoms with Crippen LogP contribution in [0.15, 0.2) is 182 Å². The van der Waals surface area contributed by atoms with Gasteiger partial charge < -0.3 is 18.2 Å². The predicted octanol–water partition coefficient (Wildman–Crippen LogP) is 12.4. The molecule has 0 bridgehead atoms. The summed E-state index contributed by atoms with van der Waals surface area (Å²) < 4.78 is 142. The number of benzene rings is 7. The van der Waals surface area contributed by atoms with Crippen LogP contribution in [0.1, 0.15) is 0 Å². The molecule has 0 aliphatic carbocycles. The molecule has 60 heavy (non-hydrogen) atoms. The summed E-state index contributed by atoms with van der Waals surface area (Å²) in [6.45, 7) is 0. The normalized spacial score (nSPS) is 12.1. The first-order chi connectivity index (χ1) is 28.5. The van der Waals surface area contributed by atoms with Crippen molar-refractivity contribution in [2.45, 2.75) is 11.0 Å². The zero-order valence-corrected chi connectivity index (χ0v) is 32.4. The molecular formula is C44H30F6N2O6S2. The van der Waals surface area contributed by atoms with Crippen LogP contribution in [0.5, 0.6) is 11.5 Å². The molecule has 0 fully saturated rings. The van der Waals surface area contributed by atoms with E-state index in [9.17, 15) is 43.2 Å². The van der Waals surface area contributed by atoms with Crippen LogP contribution in [-0.2, 0) is 20.2 Å². The van der Waals surface area contributed by atoms with Gasteiger partial charge in [-0.05, 0) is 70.8 Å². The lowest BCUT2D eigenvalue weighted by atomic mass is 10.0. The SMILES string of the molecule is O=S(=O)(Oc1cc(N(c2ccccc2)c2ccccc2)c(N(c2ccc(-c3ccccc3)cc2)c2ccc(-c3ccccc3)cc2)cc1OS(=O)(=O)C(F)(F)F)C(F)(F)F. The molecule has 0 saturated heterocycles. The molecule has 0 atom stereocenters. The Morgan fingerprint density at radius 1 is 0.350 bits per heavy atom. The average molecular weight is 861 g/mol. The number of alkyl halides is 6. The first kappa shape index (κ1) is 41.4. The van der Waals surface area contributed by atoms with Crippen molar-refractivity contribution in [3.8, 4) is 33.8 Å². The fourth-order valence-electron chi connectivity index (χ4n) is 6.23. The Morgan fingerprint density at radius 3 is 0.883 bits per heavy atom. The first-order valence-electron chi connectivity index (χ1n) is 17.7. The van der Waals surface area contributed by atoms with Gasteiger partial charge in [-0.15, -0.1) is 0 Å². The maximum absolute atomic E-state index is 13.9. The lowest BCUT2D eigenvalue weighted by Crippen LogP contribution is -2.30. The number of hydrogen-bond donors (Lipinski definition) is 0. The van der Waals surface area contributed by atoms with Crippen LogP contribution in [-0.4, -0.2) is 27.9 Å². The Bertz CT molecular complexity index is 2670. The number of anilines is 6. The van der Waals surface area contributed by atoms with Crippen molar-refractivity contribution in [2.75, 3.05) is 9.80 Å². The smallest absolute Gasteiger partial charge is 0.372 e. The van der Waals surface area contributed by atoms with Crippen molar-refractivity contribution < 1.29 is 51.5 Å². The minimum absolute atomic E-state index is 0.171. The van der Waals surface area contributed by atoms with Gasteiger partial charge in [0.15, 0.2) is 11.5 Å². The summed E-state index contributed by atoms with van der Waals surface area (Å²) in [4.78, 5) is 2.99. The summed E-state index contributed by atoms with van der Waals surface area (Å²) in [6, 6.07) is 50.2. The van der Waals surface area contributed by atoms with E-state index in [0.717, 1.165) is 22.3 Å². The van der Waals surface area contributed by atoms with E-state index in [1.165, 1.54) is 9.80 Å². The van der Waals surface area contributed by atoms with Crippen LogP contribution in [0, 0.1) is 0 Å². The summed E-state index contributed by atoms with van der Waals surface area (Å²) in [5.74, 6) is -3.01. The second kappa shape index (κ2) is 16.5. The molecule has 8 nitrogen and oxygen atoms in total. The average Bonchev–Trinajstić information content (AvgIpc) is 3.23. The van der Waals surface area contributed by atoms with E-state index in [2.05, 4.69) is 8.37 Å². The summed E-state index contributed by atoms with van der Waals surface area (Å²) >= 11 is 0. The van der Waals surface area contributed by atoms with Crippen LogP contribution in [0.4, 0.5) is 60.5 Å². The largest absolute Gasteiger partial charge is 0.534 e. The molecule has 7 aromatic rings. The van der Waals surface area contributed by atoms with Crippen LogP contribution in [0.3, 0.4) is 0 Å². The number of halogens is 6. The quantitative estimate of drug-likeness (QED) is 0.0681. The number of para-hydroxylation sites is 2. The van der Waals surface area contributed by atoms with Gasteiger partial charge in [0.2, 0.25) is 0 Å². The van der Waals surface area contributed by atoms with Gasteiger partial charge in [-0.3, -0.25) is 0 Å². The Labute approximate surface area is 341 Å². The van der Waals surface area contributed by atoms with Crippen LogP contribution in [0.2, 0.25) is 0 Å². The maximum atomic E-state index is 13.9. The number of hydrogen-bond acceptors (Lipinski definition) is 8. The molecule has 0 heterocycles. The molecule has 0 unspecified atom stereocenters. The highest BCUT2D eigenvalue weighted by Crippen LogP contribution is 2.51. The minimum atomic E-state index is -6.63. The van der Waals surface area contributed by atoms with Gasteiger partial charge in [-0.25, -0.2) is 0 Å². The Kier molecular flexibility index (Phi) is 11.4. The van der Waals surface area contributed by atoms with E-state index >= 15 is 0 Å². The highest BCUT2D eigenvalue weighted by Gasteiger charge is 2.51. The monoisotopic (exact) mass is 860 g/mol. The van der Waals surface area contributed by atoms with E-state index in [0.29, 0.717) is 34.9 Å². The molecule has 16 heteroatoms. The molecule has 7 aromatic carbocycles. The van der Waals surface area contributed by atoms with Crippen molar-refractivity contribution in [1.29, 1.82) is 0 Å². The standard InChI is InChI=1S/C44H30F6N2O6S2/c45-43(46,47)59(53,54)57-41-29-39(51(35-17-9-3-10-18-35)36-19-11-4-12-20-36)40(30-42(41)58-60(55,56)44(48,49)50)52(37-25-21-33(22-26-37)31-13-5-1-6-14-31)38-27-23-34(24-28-38)32-15-7-2-8-16-32/h1-30H. The Hall–Kier alpha value is -6.78. The third-order valence-electron chi connectivity index (χ3n) is 8.98. The molecule has 0 aliphatic rings. The molecule has 306 valence electrons. The van der Waals surface area contributed by atoms with E-state index in [1.807, 2.05) is 60.7 Å². The molecule has 7 rings (SSSR count). The molecule has 0 aliphatic heterocycles. The lowest BCUT2D eigenvalue weighted by molar-refractivity contribution is -0.0513. The van der Waals surface area contributed by atoms with E-state index in [4.69, 9.17) is 0 Å². The molecule has 0 saturated carbocycles. The van der Waals surface area contributed by atoms with E-state index < -0.39 is 42.8 Å². The van der Waals surface area contributed by atoms with Gasteiger partial charge in [-0.1, -0.05) is 121 Å². The highest BCUT2D eigenvalue weighted by molar-refractivity contribution is 7.88. The van der Waals surface area contributed by atoms with E-state index in [1.54, 1.807) is 109 Å². The third-order valence-corrected chi connectivity index (χ3v) is 10.9. The third kappa shape index (κ3) is 8.79. The lowest BCUT2D eigenvalue weighted by Gasteiger charge is -2.34. The van der Waals surface area contributed by atoms with Crippen LogP contribution < -0.4 is 18.2 Å². The fourth-order valence-corrected chi connectivity index (χ4v) is 7.16. The van der Waals surface area contributed by atoms with Crippen LogP contribution in [0.25, 0.3) is 22.3 Å². The predicted molar refractivity (Wildman–Crippen MR) is 218 cm³/mol. The minimum Gasteiger partial charge on any atom is -0.372 e. The van der Waals surface area contributed by atoms with Crippen molar-refractivity contribution in [3.63, 3.8) is 0 Å². The summed E-state index contributed by atoms with van der Waals surface area (Å²) in [6.07, 6.45) is 0. The zero-order chi connectivity index (χ0) is 42.7. The van der Waals surface area contributed by atoms with E-state index in [-0.39, 0.29) is 11.4 Å². The van der Waals surface area contributed by atoms with Gasteiger partial charge in [0.25, 0.3) is 0 Å². The summed E-state index contributed by atoms with van der Waals surface area (Å²) in [5, 5.41) is 0.